The van der Waals surface area contributed by atoms with E-state index in [1.54, 1.807) is 0 Å². The van der Waals surface area contributed by atoms with Gasteiger partial charge in [0.2, 0.25) is 5.91 Å². The predicted octanol–water partition coefficient (Wildman–Crippen LogP) is 4.07. The topological polar surface area (TPSA) is 64.7 Å². The molecule has 152 valence electrons. The van der Waals surface area contributed by atoms with E-state index in [4.69, 9.17) is 0 Å². The van der Waals surface area contributed by atoms with Crippen molar-refractivity contribution < 1.29 is 9.59 Å². The molecule has 0 aliphatic rings. The maximum Gasteiger partial charge on any atom is 0.318 e. The van der Waals surface area contributed by atoms with Crippen molar-refractivity contribution in [2.75, 3.05) is 24.3 Å². The molecule has 1 aromatic carbocycles. The lowest BCUT2D eigenvalue weighted by molar-refractivity contribution is -0.115. The minimum Gasteiger partial charge on any atom is -0.377 e. The van der Waals surface area contributed by atoms with Crippen LogP contribution in [0.1, 0.15) is 53.5 Å². The monoisotopic (exact) mass is 376 g/mol. The minimum atomic E-state index is -0.0705. The van der Waals surface area contributed by atoms with Gasteiger partial charge in [-0.3, -0.25) is 4.79 Å². The lowest BCUT2D eigenvalue weighted by Gasteiger charge is -2.34. The smallest absolute Gasteiger partial charge is 0.318 e. The zero-order valence-corrected chi connectivity index (χ0v) is 18.1. The van der Waals surface area contributed by atoms with E-state index < -0.39 is 0 Å². The van der Waals surface area contributed by atoms with Crippen LogP contribution in [-0.4, -0.2) is 43.0 Å². The van der Waals surface area contributed by atoms with Crippen molar-refractivity contribution >= 4 is 23.3 Å². The van der Waals surface area contributed by atoms with E-state index in [1.807, 2.05) is 62.9 Å². The highest BCUT2D eigenvalue weighted by Crippen LogP contribution is 2.26. The van der Waals surface area contributed by atoms with Gasteiger partial charge >= 0.3 is 6.03 Å². The highest BCUT2D eigenvalue weighted by molar-refractivity contribution is 5.91. The molecule has 0 fully saturated rings. The molecule has 0 saturated carbocycles. The highest BCUT2D eigenvalue weighted by Gasteiger charge is 2.24. The Balaban J connectivity index is 3.25. The number of carbonyl (C=O) groups excluding carboxylic acids is 2. The molecule has 1 rings (SSSR count). The molecule has 1 atom stereocenters. The molecular formula is C21H36N4O2. The average Bonchev–Trinajstić information content (AvgIpc) is 2.57. The van der Waals surface area contributed by atoms with E-state index in [1.165, 1.54) is 0 Å². The van der Waals surface area contributed by atoms with E-state index in [2.05, 4.69) is 31.4 Å². The second-order valence-corrected chi connectivity index (χ2v) is 7.86. The molecule has 0 bridgehead atoms. The van der Waals surface area contributed by atoms with E-state index in [0.717, 1.165) is 16.9 Å². The SMILES string of the molecule is CCC(=O)Nc1ccc(N(C)C)c(CN(C(=O)NC(C)C)C(C)C(C)C)c1. The van der Waals surface area contributed by atoms with Crippen LogP contribution in [0.3, 0.4) is 0 Å². The highest BCUT2D eigenvalue weighted by atomic mass is 16.2. The summed E-state index contributed by atoms with van der Waals surface area (Å²) in [5, 5.41) is 5.92. The van der Waals surface area contributed by atoms with Crippen molar-refractivity contribution in [3.63, 3.8) is 0 Å². The second-order valence-electron chi connectivity index (χ2n) is 7.86. The number of hydrogen-bond donors (Lipinski definition) is 2. The van der Waals surface area contributed by atoms with Crippen LogP contribution in [0.15, 0.2) is 18.2 Å². The molecule has 6 heteroatoms. The van der Waals surface area contributed by atoms with E-state index in [9.17, 15) is 9.59 Å². The van der Waals surface area contributed by atoms with Gasteiger partial charge < -0.3 is 20.4 Å². The van der Waals surface area contributed by atoms with Crippen molar-refractivity contribution in [1.82, 2.24) is 10.2 Å². The fourth-order valence-electron chi connectivity index (χ4n) is 2.75. The van der Waals surface area contributed by atoms with Gasteiger partial charge in [-0.2, -0.15) is 0 Å². The Bertz CT molecular complexity index is 641. The molecule has 0 spiro atoms. The molecule has 27 heavy (non-hydrogen) atoms. The Kier molecular flexibility index (Phi) is 8.60. The van der Waals surface area contributed by atoms with Gasteiger partial charge in [-0.05, 0) is 50.5 Å². The molecule has 0 radical (unpaired) electrons. The first-order valence-corrected chi connectivity index (χ1v) is 9.74. The number of carbonyl (C=O) groups is 2. The molecule has 2 N–H and O–H groups in total. The maximum absolute atomic E-state index is 12.8. The van der Waals surface area contributed by atoms with Crippen molar-refractivity contribution in [2.45, 2.75) is 66.6 Å². The molecule has 0 aliphatic heterocycles. The zero-order chi connectivity index (χ0) is 20.7. The van der Waals surface area contributed by atoms with Gasteiger partial charge in [-0.1, -0.05) is 20.8 Å². The summed E-state index contributed by atoms with van der Waals surface area (Å²) < 4.78 is 0. The third-order valence-corrected chi connectivity index (χ3v) is 4.64. The number of rotatable bonds is 8. The lowest BCUT2D eigenvalue weighted by atomic mass is 10.0. The van der Waals surface area contributed by atoms with Crippen LogP contribution in [-0.2, 0) is 11.3 Å². The van der Waals surface area contributed by atoms with Crippen LogP contribution in [0.5, 0.6) is 0 Å². The van der Waals surface area contributed by atoms with Gasteiger partial charge in [0.05, 0.1) is 0 Å². The van der Waals surface area contributed by atoms with Crippen molar-refractivity contribution in [3.05, 3.63) is 23.8 Å². The molecule has 0 heterocycles. The Morgan fingerprint density at radius 1 is 1.07 bits per heavy atom. The number of amides is 3. The van der Waals surface area contributed by atoms with Crippen LogP contribution >= 0.6 is 0 Å². The molecule has 0 saturated heterocycles. The third-order valence-electron chi connectivity index (χ3n) is 4.64. The molecule has 1 aromatic rings. The van der Waals surface area contributed by atoms with Gasteiger partial charge in [0.1, 0.15) is 0 Å². The summed E-state index contributed by atoms with van der Waals surface area (Å²) in [6, 6.07) is 5.93. The van der Waals surface area contributed by atoms with Crippen LogP contribution in [0, 0.1) is 5.92 Å². The Labute approximate surface area is 164 Å². The second kappa shape index (κ2) is 10.2. The third kappa shape index (κ3) is 6.77. The fraction of sp³-hybridized carbons (Fsp3) is 0.619. The van der Waals surface area contributed by atoms with Crippen LogP contribution < -0.4 is 15.5 Å². The summed E-state index contributed by atoms with van der Waals surface area (Å²) in [7, 11) is 3.96. The summed E-state index contributed by atoms with van der Waals surface area (Å²) in [5.41, 5.74) is 2.78. The first-order valence-electron chi connectivity index (χ1n) is 9.74. The average molecular weight is 377 g/mol. The van der Waals surface area contributed by atoms with Gasteiger partial charge in [-0.25, -0.2) is 4.79 Å². The van der Waals surface area contributed by atoms with Crippen LogP contribution in [0.4, 0.5) is 16.2 Å². The van der Waals surface area contributed by atoms with E-state index >= 15 is 0 Å². The number of anilines is 2. The number of nitrogens with zero attached hydrogens (tertiary/aromatic N) is 2. The summed E-state index contributed by atoms with van der Waals surface area (Å²) in [4.78, 5) is 28.5. The first-order chi connectivity index (χ1) is 12.6. The molecule has 3 amide bonds. The Hall–Kier alpha value is -2.24. The summed E-state index contributed by atoms with van der Waals surface area (Å²) >= 11 is 0. The molecule has 0 aromatic heterocycles. The molecule has 6 nitrogen and oxygen atoms in total. The van der Waals surface area contributed by atoms with Gasteiger partial charge in [-0.15, -0.1) is 0 Å². The van der Waals surface area contributed by atoms with Crippen molar-refractivity contribution in [3.8, 4) is 0 Å². The van der Waals surface area contributed by atoms with Crippen LogP contribution in [0.2, 0.25) is 0 Å². The van der Waals surface area contributed by atoms with E-state index in [-0.39, 0.29) is 24.0 Å². The fourth-order valence-corrected chi connectivity index (χ4v) is 2.75. The summed E-state index contributed by atoms with van der Waals surface area (Å²) in [5.74, 6) is 0.303. The summed E-state index contributed by atoms with van der Waals surface area (Å²) in [6.45, 7) is 12.5. The number of hydrogen-bond acceptors (Lipinski definition) is 3. The van der Waals surface area contributed by atoms with Crippen LogP contribution in [0.25, 0.3) is 0 Å². The zero-order valence-electron chi connectivity index (χ0n) is 18.1. The standard InChI is InChI=1S/C21H36N4O2/c1-9-20(26)23-18-10-11-19(24(7)8)17(12-18)13-25(16(6)14(2)3)21(27)22-15(4)5/h10-12,14-16H,9,13H2,1-8H3,(H,22,27)(H,23,26). The molecule has 0 aliphatic carbocycles. The van der Waals surface area contributed by atoms with Crippen molar-refractivity contribution in [1.29, 1.82) is 0 Å². The van der Waals surface area contributed by atoms with Gasteiger partial charge in [0.25, 0.3) is 0 Å². The van der Waals surface area contributed by atoms with Gasteiger partial charge in [0, 0.05) is 50.5 Å². The minimum absolute atomic E-state index is 0.0245. The first kappa shape index (κ1) is 22.8. The lowest BCUT2D eigenvalue weighted by Crippen LogP contribution is -2.48. The van der Waals surface area contributed by atoms with Gasteiger partial charge in [0.15, 0.2) is 0 Å². The van der Waals surface area contributed by atoms with E-state index in [0.29, 0.717) is 18.9 Å². The van der Waals surface area contributed by atoms with Crippen molar-refractivity contribution in [2.24, 2.45) is 5.92 Å². The predicted molar refractivity (Wildman–Crippen MR) is 113 cm³/mol. The quantitative estimate of drug-likeness (QED) is 0.719. The molecular weight excluding hydrogens is 340 g/mol. The summed E-state index contributed by atoms with van der Waals surface area (Å²) in [6.07, 6.45) is 0.429. The number of nitrogens with one attached hydrogen (secondary N) is 2. The Morgan fingerprint density at radius 3 is 2.19 bits per heavy atom. The normalized spacial score (nSPS) is 12.1. The Morgan fingerprint density at radius 2 is 1.70 bits per heavy atom. The largest absolute Gasteiger partial charge is 0.377 e. The number of benzene rings is 1. The number of urea groups is 1. The molecule has 1 unspecified atom stereocenters. The maximum atomic E-state index is 12.8.